The highest BCUT2D eigenvalue weighted by Gasteiger charge is 2.23. The Bertz CT molecular complexity index is 566. The van der Waals surface area contributed by atoms with Gasteiger partial charge in [-0.05, 0) is 17.7 Å². The molecule has 1 N–H and O–H groups in total. The Morgan fingerprint density at radius 2 is 2.05 bits per heavy atom. The van der Waals surface area contributed by atoms with Gasteiger partial charge in [0.05, 0.1) is 12.3 Å². The lowest BCUT2D eigenvalue weighted by Crippen LogP contribution is -2.08. The number of aryl methyl sites for hydroxylation is 1. The lowest BCUT2D eigenvalue weighted by atomic mass is 9.96. The first-order valence-corrected chi connectivity index (χ1v) is 5.89. The summed E-state index contributed by atoms with van der Waals surface area (Å²) in [5.41, 5.74) is 0.634. The smallest absolute Gasteiger partial charge is 0.304 e. The van der Waals surface area contributed by atoms with Crippen LogP contribution in [0.4, 0.5) is 4.39 Å². The van der Waals surface area contributed by atoms with Crippen LogP contribution in [0, 0.1) is 5.82 Å². The Morgan fingerprint density at radius 3 is 2.58 bits per heavy atom. The maximum Gasteiger partial charge on any atom is 0.304 e. The molecule has 100 valence electrons. The zero-order valence-electron chi connectivity index (χ0n) is 10.3. The average Bonchev–Trinajstić information content (AvgIpc) is 2.85. The first kappa shape index (κ1) is 13.2. The minimum Gasteiger partial charge on any atom is -0.481 e. The van der Waals surface area contributed by atoms with Crippen LogP contribution < -0.4 is 0 Å². The molecule has 0 bridgehead atoms. The quantitative estimate of drug-likeness (QED) is 0.897. The van der Waals surface area contributed by atoms with Crippen molar-refractivity contribution in [1.29, 1.82) is 0 Å². The molecule has 1 atom stereocenters. The number of carboxylic acids is 1. The van der Waals surface area contributed by atoms with Gasteiger partial charge in [-0.2, -0.15) is 0 Å². The van der Waals surface area contributed by atoms with Crippen molar-refractivity contribution in [2.24, 2.45) is 0 Å². The molecule has 1 unspecified atom stereocenters. The summed E-state index contributed by atoms with van der Waals surface area (Å²) in [6.07, 6.45) is 0.396. The van der Waals surface area contributed by atoms with Crippen LogP contribution in [0.3, 0.4) is 0 Å². The van der Waals surface area contributed by atoms with E-state index in [0.29, 0.717) is 17.9 Å². The Kier molecular flexibility index (Phi) is 3.89. The third-order valence-corrected chi connectivity index (χ3v) is 2.73. The van der Waals surface area contributed by atoms with Gasteiger partial charge in [0.25, 0.3) is 0 Å². The lowest BCUT2D eigenvalue weighted by molar-refractivity contribution is -0.137. The highest BCUT2D eigenvalue weighted by Crippen LogP contribution is 2.27. The van der Waals surface area contributed by atoms with Crippen LogP contribution in [0.25, 0.3) is 0 Å². The predicted molar refractivity (Wildman–Crippen MR) is 64.2 cm³/mol. The van der Waals surface area contributed by atoms with E-state index in [9.17, 15) is 9.18 Å². The van der Waals surface area contributed by atoms with Gasteiger partial charge < -0.3 is 9.52 Å². The standard InChI is InChI=1S/C13H13FN2O3/c1-2-11-15-16-13(19-11)10(7-12(17)18)8-3-5-9(14)6-4-8/h3-6,10H,2,7H2,1H3,(H,17,18). The topological polar surface area (TPSA) is 76.2 Å². The van der Waals surface area contributed by atoms with Gasteiger partial charge in [-0.15, -0.1) is 10.2 Å². The van der Waals surface area contributed by atoms with E-state index in [1.807, 2.05) is 6.92 Å². The number of benzene rings is 1. The molecule has 19 heavy (non-hydrogen) atoms. The second-order valence-corrected chi connectivity index (χ2v) is 4.09. The van der Waals surface area contributed by atoms with E-state index in [2.05, 4.69) is 10.2 Å². The number of carbonyl (C=O) groups is 1. The zero-order valence-corrected chi connectivity index (χ0v) is 10.3. The van der Waals surface area contributed by atoms with Crippen LogP contribution in [-0.2, 0) is 11.2 Å². The van der Waals surface area contributed by atoms with Crippen molar-refractivity contribution in [1.82, 2.24) is 10.2 Å². The third kappa shape index (κ3) is 3.15. The molecule has 2 rings (SSSR count). The van der Waals surface area contributed by atoms with E-state index in [1.165, 1.54) is 24.3 Å². The van der Waals surface area contributed by atoms with Gasteiger partial charge in [-0.3, -0.25) is 4.79 Å². The number of hydrogen-bond acceptors (Lipinski definition) is 4. The Labute approximate surface area is 109 Å². The molecule has 0 saturated carbocycles. The molecule has 0 saturated heterocycles. The summed E-state index contributed by atoms with van der Waals surface area (Å²) in [4.78, 5) is 10.9. The van der Waals surface area contributed by atoms with Crippen molar-refractivity contribution >= 4 is 5.97 Å². The van der Waals surface area contributed by atoms with E-state index in [4.69, 9.17) is 9.52 Å². The maximum absolute atomic E-state index is 12.9. The largest absolute Gasteiger partial charge is 0.481 e. The fourth-order valence-electron chi connectivity index (χ4n) is 1.77. The van der Waals surface area contributed by atoms with E-state index >= 15 is 0 Å². The minimum atomic E-state index is -0.981. The molecular weight excluding hydrogens is 251 g/mol. The molecule has 1 aromatic carbocycles. The summed E-state index contributed by atoms with van der Waals surface area (Å²) < 4.78 is 18.3. The van der Waals surface area contributed by atoms with E-state index in [-0.39, 0.29) is 18.1 Å². The van der Waals surface area contributed by atoms with E-state index < -0.39 is 11.9 Å². The second-order valence-electron chi connectivity index (χ2n) is 4.09. The molecule has 0 amide bonds. The van der Waals surface area contributed by atoms with Crippen LogP contribution >= 0.6 is 0 Å². The molecule has 0 aliphatic heterocycles. The van der Waals surface area contributed by atoms with Gasteiger partial charge in [-0.1, -0.05) is 19.1 Å². The first-order chi connectivity index (χ1) is 9.10. The summed E-state index contributed by atoms with van der Waals surface area (Å²) in [6, 6.07) is 5.61. The summed E-state index contributed by atoms with van der Waals surface area (Å²) >= 11 is 0. The molecule has 0 aliphatic rings. The number of aliphatic carboxylic acids is 1. The number of rotatable bonds is 5. The van der Waals surface area contributed by atoms with E-state index in [0.717, 1.165) is 0 Å². The number of halogens is 1. The minimum absolute atomic E-state index is 0.184. The first-order valence-electron chi connectivity index (χ1n) is 5.89. The Balaban J connectivity index is 2.34. The highest BCUT2D eigenvalue weighted by molar-refractivity contribution is 5.68. The summed E-state index contributed by atoms with van der Waals surface area (Å²) in [5, 5.41) is 16.6. The maximum atomic E-state index is 12.9. The Morgan fingerprint density at radius 1 is 1.37 bits per heavy atom. The summed E-state index contributed by atoms with van der Waals surface area (Å²) in [5.74, 6) is -1.23. The van der Waals surface area contributed by atoms with Gasteiger partial charge in [0.15, 0.2) is 0 Å². The molecule has 1 heterocycles. The molecule has 0 fully saturated rings. The molecule has 5 nitrogen and oxygen atoms in total. The summed E-state index contributed by atoms with van der Waals surface area (Å²) in [6.45, 7) is 1.86. The lowest BCUT2D eigenvalue weighted by Gasteiger charge is -2.10. The van der Waals surface area contributed by atoms with Gasteiger partial charge in [0.2, 0.25) is 11.8 Å². The molecule has 0 radical (unpaired) electrons. The van der Waals surface area contributed by atoms with Crippen molar-refractivity contribution in [3.63, 3.8) is 0 Å². The van der Waals surface area contributed by atoms with Gasteiger partial charge in [0.1, 0.15) is 5.82 Å². The highest BCUT2D eigenvalue weighted by atomic mass is 19.1. The van der Waals surface area contributed by atoms with Crippen LogP contribution in [0.2, 0.25) is 0 Å². The van der Waals surface area contributed by atoms with Gasteiger partial charge in [0, 0.05) is 6.42 Å². The van der Waals surface area contributed by atoms with Crippen LogP contribution in [0.1, 0.15) is 36.6 Å². The van der Waals surface area contributed by atoms with Crippen LogP contribution in [0.15, 0.2) is 28.7 Å². The number of hydrogen-bond donors (Lipinski definition) is 1. The van der Waals surface area contributed by atoms with Crippen molar-refractivity contribution in [2.45, 2.75) is 25.7 Å². The number of nitrogens with zero attached hydrogens (tertiary/aromatic N) is 2. The monoisotopic (exact) mass is 264 g/mol. The number of carboxylic acid groups (broad SMARTS) is 1. The van der Waals surface area contributed by atoms with Crippen LogP contribution in [-0.4, -0.2) is 21.3 Å². The van der Waals surface area contributed by atoms with Crippen molar-refractivity contribution in [3.05, 3.63) is 47.4 Å². The number of aromatic nitrogens is 2. The molecular formula is C13H13FN2O3. The van der Waals surface area contributed by atoms with Crippen molar-refractivity contribution in [2.75, 3.05) is 0 Å². The second kappa shape index (κ2) is 5.60. The average molecular weight is 264 g/mol. The molecule has 0 spiro atoms. The van der Waals surface area contributed by atoms with Gasteiger partial charge >= 0.3 is 5.97 Å². The third-order valence-electron chi connectivity index (χ3n) is 2.73. The SMILES string of the molecule is CCc1nnc(C(CC(=O)O)c2ccc(F)cc2)o1. The fourth-order valence-corrected chi connectivity index (χ4v) is 1.77. The molecule has 1 aromatic heterocycles. The summed E-state index contributed by atoms with van der Waals surface area (Å²) in [7, 11) is 0. The van der Waals surface area contributed by atoms with Crippen LogP contribution in [0.5, 0.6) is 0 Å². The fraction of sp³-hybridized carbons (Fsp3) is 0.308. The molecule has 6 heteroatoms. The Hall–Kier alpha value is -2.24. The van der Waals surface area contributed by atoms with E-state index in [1.54, 1.807) is 0 Å². The van der Waals surface area contributed by atoms with Gasteiger partial charge in [-0.25, -0.2) is 4.39 Å². The predicted octanol–water partition coefficient (Wildman–Crippen LogP) is 2.38. The van der Waals surface area contributed by atoms with Crippen molar-refractivity contribution in [3.8, 4) is 0 Å². The normalized spacial score (nSPS) is 12.3. The molecule has 0 aliphatic carbocycles. The molecule has 2 aromatic rings. The van der Waals surface area contributed by atoms with Crippen molar-refractivity contribution < 1.29 is 18.7 Å². The zero-order chi connectivity index (χ0) is 13.8.